The lowest BCUT2D eigenvalue weighted by Crippen LogP contribution is -2.46. The number of hydrogen-bond donors (Lipinski definition) is 0. The monoisotopic (exact) mass is 312 g/mol. The molecule has 1 fully saturated rings. The largest absolute Gasteiger partial charge is 0.375 e. The quantitative estimate of drug-likeness (QED) is 0.804. The van der Waals surface area contributed by atoms with Crippen LogP contribution in [0.15, 0.2) is 54.6 Å². The molecular weight excluding hydrogens is 286 g/mol. The summed E-state index contributed by atoms with van der Waals surface area (Å²) in [7, 11) is 6.55. The van der Waals surface area contributed by atoms with Crippen LogP contribution in [-0.4, -0.2) is 51.5 Å². The van der Waals surface area contributed by atoms with Crippen molar-refractivity contribution >= 4 is 0 Å². The van der Waals surface area contributed by atoms with Gasteiger partial charge in [-0.05, 0) is 16.7 Å². The van der Waals surface area contributed by atoms with Crippen molar-refractivity contribution in [2.45, 2.75) is 12.2 Å². The fourth-order valence-corrected chi connectivity index (χ4v) is 3.02. The molecule has 3 heteroatoms. The molecule has 0 bridgehead atoms. The van der Waals surface area contributed by atoms with Crippen LogP contribution in [-0.2, 0) is 9.47 Å². The fraction of sp³-hybridized carbons (Fsp3) is 0.400. The molecule has 23 heavy (non-hydrogen) atoms. The minimum absolute atomic E-state index is 0.0325. The van der Waals surface area contributed by atoms with Crippen LogP contribution in [0, 0.1) is 0 Å². The van der Waals surface area contributed by atoms with Crippen molar-refractivity contribution in [1.29, 1.82) is 0 Å². The van der Waals surface area contributed by atoms with Gasteiger partial charge in [0, 0.05) is 0 Å². The minimum atomic E-state index is 0.0325. The summed E-state index contributed by atoms with van der Waals surface area (Å²) in [6.07, 6.45) is 0.188. The Morgan fingerprint density at radius 1 is 0.870 bits per heavy atom. The van der Waals surface area contributed by atoms with Crippen molar-refractivity contribution in [1.82, 2.24) is 0 Å². The maximum atomic E-state index is 6.25. The van der Waals surface area contributed by atoms with Gasteiger partial charge in [0.25, 0.3) is 0 Å². The highest BCUT2D eigenvalue weighted by Crippen LogP contribution is 2.27. The van der Waals surface area contributed by atoms with Gasteiger partial charge in [0.1, 0.15) is 18.8 Å². The van der Waals surface area contributed by atoms with E-state index in [1.165, 1.54) is 16.7 Å². The Kier molecular flexibility index (Phi) is 4.81. The maximum absolute atomic E-state index is 6.25. The molecule has 2 aromatic carbocycles. The van der Waals surface area contributed by atoms with E-state index in [0.29, 0.717) is 13.2 Å². The van der Waals surface area contributed by atoms with Gasteiger partial charge in [-0.25, -0.2) is 0 Å². The Balaban J connectivity index is 1.69. The Bertz CT molecular complexity index is 616. The van der Waals surface area contributed by atoms with Crippen LogP contribution >= 0.6 is 0 Å². The molecule has 122 valence electrons. The van der Waals surface area contributed by atoms with Gasteiger partial charge in [-0.2, -0.15) is 0 Å². The number of quaternary nitrogens is 1. The van der Waals surface area contributed by atoms with Gasteiger partial charge in [0.2, 0.25) is 0 Å². The maximum Gasteiger partial charge on any atom is 0.130 e. The van der Waals surface area contributed by atoms with Gasteiger partial charge in [-0.3, -0.25) is 0 Å². The normalized spacial score (nSPS) is 22.0. The van der Waals surface area contributed by atoms with Gasteiger partial charge in [-0.15, -0.1) is 0 Å². The molecule has 0 unspecified atom stereocenters. The Hall–Kier alpha value is -1.68. The lowest BCUT2D eigenvalue weighted by Gasteiger charge is -2.35. The summed E-state index contributed by atoms with van der Waals surface area (Å²) in [6.45, 7) is 2.28. The highest BCUT2D eigenvalue weighted by molar-refractivity contribution is 5.63. The second-order valence-corrected chi connectivity index (χ2v) is 7.25. The summed E-state index contributed by atoms with van der Waals surface area (Å²) in [5.74, 6) is 0. The van der Waals surface area contributed by atoms with E-state index in [0.717, 1.165) is 11.0 Å². The van der Waals surface area contributed by atoms with E-state index in [-0.39, 0.29) is 12.2 Å². The Morgan fingerprint density at radius 3 is 2.17 bits per heavy atom. The van der Waals surface area contributed by atoms with Gasteiger partial charge in [0.15, 0.2) is 0 Å². The molecule has 2 atom stereocenters. The summed E-state index contributed by atoms with van der Waals surface area (Å²) in [5, 5.41) is 0. The first kappa shape index (κ1) is 16.2. The van der Waals surface area contributed by atoms with Crippen LogP contribution in [0.25, 0.3) is 11.1 Å². The van der Waals surface area contributed by atoms with Crippen LogP contribution in [0.3, 0.4) is 0 Å². The Morgan fingerprint density at radius 2 is 1.52 bits per heavy atom. The van der Waals surface area contributed by atoms with Crippen LogP contribution in [0.2, 0.25) is 0 Å². The summed E-state index contributed by atoms with van der Waals surface area (Å²) in [5.41, 5.74) is 3.66. The number of nitrogens with zero attached hydrogens (tertiary/aromatic N) is 1. The van der Waals surface area contributed by atoms with E-state index in [1.54, 1.807) is 0 Å². The summed E-state index contributed by atoms with van der Waals surface area (Å²) in [6, 6.07) is 19.1. The first-order valence-corrected chi connectivity index (χ1v) is 8.20. The van der Waals surface area contributed by atoms with E-state index in [4.69, 9.17) is 9.47 Å². The molecule has 2 aromatic rings. The number of benzene rings is 2. The summed E-state index contributed by atoms with van der Waals surface area (Å²) in [4.78, 5) is 0. The second kappa shape index (κ2) is 6.83. The van der Waals surface area contributed by atoms with E-state index in [2.05, 4.69) is 69.7 Å². The average molecular weight is 312 g/mol. The summed E-state index contributed by atoms with van der Waals surface area (Å²) >= 11 is 0. The first-order chi connectivity index (χ1) is 11.0. The van der Waals surface area contributed by atoms with Crippen molar-refractivity contribution in [3.63, 3.8) is 0 Å². The van der Waals surface area contributed by atoms with Gasteiger partial charge < -0.3 is 14.0 Å². The topological polar surface area (TPSA) is 18.5 Å². The highest BCUT2D eigenvalue weighted by Gasteiger charge is 2.28. The molecule has 1 aliphatic heterocycles. The molecular formula is C20H26NO2+. The molecule has 0 amide bonds. The lowest BCUT2D eigenvalue weighted by molar-refractivity contribution is -0.874. The van der Waals surface area contributed by atoms with E-state index in [1.807, 2.05) is 6.07 Å². The van der Waals surface area contributed by atoms with E-state index >= 15 is 0 Å². The predicted molar refractivity (Wildman–Crippen MR) is 93.2 cm³/mol. The first-order valence-electron chi connectivity index (χ1n) is 8.20. The molecule has 1 aliphatic rings. The van der Waals surface area contributed by atoms with Gasteiger partial charge in [0.05, 0.1) is 34.4 Å². The van der Waals surface area contributed by atoms with Gasteiger partial charge in [-0.1, -0.05) is 54.6 Å². The molecule has 0 saturated carbocycles. The van der Waals surface area contributed by atoms with Crippen LogP contribution in [0.5, 0.6) is 0 Å². The number of likely N-dealkylation sites (N-methyl/N-ethyl adjacent to an activating group) is 1. The van der Waals surface area contributed by atoms with Crippen molar-refractivity contribution in [3.05, 3.63) is 60.2 Å². The zero-order chi connectivity index (χ0) is 16.3. The minimum Gasteiger partial charge on any atom is -0.375 e. The molecule has 0 aromatic heterocycles. The number of ether oxygens (including phenoxy) is 2. The van der Waals surface area contributed by atoms with Crippen molar-refractivity contribution in [2.75, 3.05) is 40.9 Å². The molecule has 0 radical (unpaired) electrons. The molecule has 3 rings (SSSR count). The third-order valence-corrected chi connectivity index (χ3v) is 4.07. The number of rotatable bonds is 4. The molecule has 0 aliphatic carbocycles. The SMILES string of the molecule is C[N+](C)(C)C[C@@H]1COC[C@@H](c2ccc(-c3ccccc3)cc2)O1. The van der Waals surface area contributed by atoms with Crippen LogP contribution < -0.4 is 0 Å². The molecule has 0 spiro atoms. The smallest absolute Gasteiger partial charge is 0.130 e. The Labute approximate surface area is 139 Å². The predicted octanol–water partition coefficient (Wildman–Crippen LogP) is 3.52. The van der Waals surface area contributed by atoms with Crippen molar-refractivity contribution in [2.24, 2.45) is 0 Å². The fourth-order valence-electron chi connectivity index (χ4n) is 3.02. The highest BCUT2D eigenvalue weighted by atomic mass is 16.6. The standard InChI is InChI=1S/C20H26NO2/c1-21(2,3)13-19-14-22-15-20(23-19)18-11-9-17(10-12-18)16-7-5-4-6-8-16/h4-12,19-20H,13-15H2,1-3H3/q+1/t19-,20+/m1/s1. The van der Waals surface area contributed by atoms with Crippen molar-refractivity contribution < 1.29 is 14.0 Å². The molecule has 3 nitrogen and oxygen atoms in total. The third-order valence-electron chi connectivity index (χ3n) is 4.07. The van der Waals surface area contributed by atoms with Gasteiger partial charge >= 0.3 is 0 Å². The van der Waals surface area contributed by atoms with Crippen LogP contribution in [0.1, 0.15) is 11.7 Å². The molecule has 1 heterocycles. The second-order valence-electron chi connectivity index (χ2n) is 7.25. The zero-order valence-corrected chi connectivity index (χ0v) is 14.2. The van der Waals surface area contributed by atoms with Crippen molar-refractivity contribution in [3.8, 4) is 11.1 Å². The third kappa shape index (κ3) is 4.41. The zero-order valence-electron chi connectivity index (χ0n) is 14.2. The summed E-state index contributed by atoms with van der Waals surface area (Å²) < 4.78 is 12.9. The van der Waals surface area contributed by atoms with E-state index in [9.17, 15) is 0 Å². The molecule has 1 saturated heterocycles. The van der Waals surface area contributed by atoms with E-state index < -0.39 is 0 Å². The lowest BCUT2D eigenvalue weighted by atomic mass is 10.0. The number of hydrogen-bond acceptors (Lipinski definition) is 2. The average Bonchev–Trinajstić information content (AvgIpc) is 2.55. The van der Waals surface area contributed by atoms with Crippen LogP contribution in [0.4, 0.5) is 0 Å². The molecule has 0 N–H and O–H groups in total.